The maximum absolute atomic E-state index is 12.2. The number of hydrogen-bond donors (Lipinski definition) is 4. The van der Waals surface area contributed by atoms with Crippen LogP contribution in [0, 0.1) is 0 Å². The Labute approximate surface area is 157 Å². The quantitative estimate of drug-likeness (QED) is 0.475. The number of nitrogens with one attached hydrogen (secondary N) is 1. The average Bonchev–Trinajstić information content (AvgIpc) is 3.16. The molecule has 0 spiro atoms. The van der Waals surface area contributed by atoms with Crippen molar-refractivity contribution >= 4 is 11.6 Å². The highest BCUT2D eigenvalue weighted by molar-refractivity contribution is 5.91. The van der Waals surface area contributed by atoms with Gasteiger partial charge in [0.15, 0.2) is 5.69 Å². The summed E-state index contributed by atoms with van der Waals surface area (Å²) >= 11 is 0. The predicted octanol–water partition coefficient (Wildman–Crippen LogP) is 2.18. The van der Waals surface area contributed by atoms with Crippen molar-refractivity contribution < 1.29 is 14.3 Å². The lowest BCUT2D eigenvalue weighted by molar-refractivity contribution is 0.0949. The Morgan fingerprint density at radius 2 is 1.78 bits per heavy atom. The zero-order valence-corrected chi connectivity index (χ0v) is 14.8. The number of oxazole rings is 1. The van der Waals surface area contributed by atoms with Gasteiger partial charge in [-0.05, 0) is 48.2 Å². The first kappa shape index (κ1) is 18.5. The number of amides is 1. The monoisotopic (exact) mass is 366 g/mol. The topological polar surface area (TPSA) is 127 Å². The van der Waals surface area contributed by atoms with E-state index in [9.17, 15) is 9.90 Å². The zero-order valence-electron chi connectivity index (χ0n) is 14.8. The van der Waals surface area contributed by atoms with E-state index in [1.165, 1.54) is 6.26 Å². The van der Waals surface area contributed by atoms with Crippen LogP contribution in [0.5, 0.6) is 5.75 Å². The predicted molar refractivity (Wildman–Crippen MR) is 102 cm³/mol. The SMILES string of the molecule is Nc1ccc(CCNC(=O)c2coc(C(N)Cc3ccc(O)cc3)n2)cc1. The molecule has 0 aliphatic rings. The smallest absolute Gasteiger partial charge is 0.273 e. The van der Waals surface area contributed by atoms with Crippen molar-refractivity contribution in [2.45, 2.75) is 18.9 Å². The number of carbonyl (C=O) groups is 1. The molecule has 3 rings (SSSR count). The van der Waals surface area contributed by atoms with Crippen LogP contribution in [0.3, 0.4) is 0 Å². The highest BCUT2D eigenvalue weighted by atomic mass is 16.3. The van der Waals surface area contributed by atoms with Crippen molar-refractivity contribution in [3.05, 3.63) is 77.5 Å². The van der Waals surface area contributed by atoms with E-state index in [4.69, 9.17) is 15.9 Å². The number of aromatic hydroxyl groups is 1. The lowest BCUT2D eigenvalue weighted by atomic mass is 10.1. The Morgan fingerprint density at radius 3 is 2.48 bits per heavy atom. The third-order valence-corrected chi connectivity index (χ3v) is 4.14. The van der Waals surface area contributed by atoms with Crippen LogP contribution < -0.4 is 16.8 Å². The van der Waals surface area contributed by atoms with Crippen molar-refractivity contribution in [1.82, 2.24) is 10.3 Å². The molecule has 0 bridgehead atoms. The molecular weight excluding hydrogens is 344 g/mol. The lowest BCUT2D eigenvalue weighted by Crippen LogP contribution is -2.26. The highest BCUT2D eigenvalue weighted by Gasteiger charge is 2.17. The van der Waals surface area contributed by atoms with Gasteiger partial charge >= 0.3 is 0 Å². The van der Waals surface area contributed by atoms with Crippen molar-refractivity contribution in [1.29, 1.82) is 0 Å². The molecule has 27 heavy (non-hydrogen) atoms. The second-order valence-electron chi connectivity index (χ2n) is 6.30. The van der Waals surface area contributed by atoms with Gasteiger partial charge in [-0.1, -0.05) is 24.3 Å². The number of rotatable bonds is 7. The Hall–Kier alpha value is -3.32. The molecule has 0 radical (unpaired) electrons. The minimum Gasteiger partial charge on any atom is -0.508 e. The Morgan fingerprint density at radius 1 is 1.11 bits per heavy atom. The minimum absolute atomic E-state index is 0.196. The van der Waals surface area contributed by atoms with Crippen molar-refractivity contribution in [3.63, 3.8) is 0 Å². The molecular formula is C20H22N4O3. The Bertz CT molecular complexity index is 888. The van der Waals surface area contributed by atoms with Gasteiger partial charge in [0.05, 0.1) is 6.04 Å². The van der Waals surface area contributed by atoms with E-state index in [-0.39, 0.29) is 17.4 Å². The van der Waals surface area contributed by atoms with E-state index in [0.29, 0.717) is 31.0 Å². The molecule has 1 aromatic heterocycles. The number of phenols is 1. The minimum atomic E-state index is -0.481. The molecule has 0 fully saturated rings. The molecule has 1 atom stereocenters. The normalized spacial score (nSPS) is 11.9. The van der Waals surface area contributed by atoms with Gasteiger partial charge in [-0.15, -0.1) is 0 Å². The van der Waals surface area contributed by atoms with E-state index < -0.39 is 6.04 Å². The molecule has 0 aliphatic heterocycles. The van der Waals surface area contributed by atoms with Gasteiger partial charge in [0.25, 0.3) is 5.91 Å². The Kier molecular flexibility index (Phi) is 5.73. The maximum Gasteiger partial charge on any atom is 0.273 e. The first-order chi connectivity index (χ1) is 13.0. The molecule has 1 heterocycles. The molecule has 140 valence electrons. The summed E-state index contributed by atoms with van der Waals surface area (Å²) in [5.41, 5.74) is 14.7. The van der Waals surface area contributed by atoms with Crippen LogP contribution in [-0.2, 0) is 12.8 Å². The van der Waals surface area contributed by atoms with Gasteiger partial charge in [-0.2, -0.15) is 0 Å². The summed E-state index contributed by atoms with van der Waals surface area (Å²) in [5, 5.41) is 12.1. The summed E-state index contributed by atoms with van der Waals surface area (Å²) in [5.74, 6) is 0.186. The van der Waals surface area contributed by atoms with Gasteiger partial charge in [0.2, 0.25) is 5.89 Å². The molecule has 0 saturated carbocycles. The first-order valence-corrected chi connectivity index (χ1v) is 8.63. The van der Waals surface area contributed by atoms with Crippen LogP contribution in [-0.4, -0.2) is 22.5 Å². The fourth-order valence-electron chi connectivity index (χ4n) is 2.63. The maximum atomic E-state index is 12.2. The van der Waals surface area contributed by atoms with Crippen LogP contribution in [0.15, 0.2) is 59.2 Å². The number of benzene rings is 2. The summed E-state index contributed by atoms with van der Waals surface area (Å²) in [6.45, 7) is 0.477. The molecule has 6 N–H and O–H groups in total. The summed E-state index contributed by atoms with van der Waals surface area (Å²) in [7, 11) is 0. The second kappa shape index (κ2) is 8.37. The van der Waals surface area contributed by atoms with Crippen molar-refractivity contribution in [2.75, 3.05) is 12.3 Å². The van der Waals surface area contributed by atoms with Gasteiger partial charge < -0.3 is 26.3 Å². The van der Waals surface area contributed by atoms with Gasteiger partial charge in [-0.3, -0.25) is 4.79 Å². The van der Waals surface area contributed by atoms with Crippen LogP contribution in [0.25, 0.3) is 0 Å². The van der Waals surface area contributed by atoms with Gasteiger partial charge in [0.1, 0.15) is 12.0 Å². The molecule has 3 aromatic rings. The van der Waals surface area contributed by atoms with Gasteiger partial charge in [-0.25, -0.2) is 4.98 Å². The van der Waals surface area contributed by atoms with E-state index in [2.05, 4.69) is 10.3 Å². The fraction of sp³-hybridized carbons (Fsp3) is 0.200. The molecule has 1 unspecified atom stereocenters. The molecule has 7 heteroatoms. The van der Waals surface area contributed by atoms with Crippen LogP contribution in [0.4, 0.5) is 5.69 Å². The zero-order chi connectivity index (χ0) is 19.2. The summed E-state index contributed by atoms with van der Waals surface area (Å²) in [6, 6.07) is 13.8. The third-order valence-electron chi connectivity index (χ3n) is 4.14. The molecule has 0 aliphatic carbocycles. The highest BCUT2D eigenvalue weighted by Crippen LogP contribution is 2.18. The summed E-state index contributed by atoms with van der Waals surface area (Å²) in [4.78, 5) is 16.4. The summed E-state index contributed by atoms with van der Waals surface area (Å²) in [6.07, 6.45) is 2.49. The summed E-state index contributed by atoms with van der Waals surface area (Å²) < 4.78 is 5.36. The molecule has 2 aromatic carbocycles. The molecule has 1 amide bonds. The lowest BCUT2D eigenvalue weighted by Gasteiger charge is -2.07. The van der Waals surface area contributed by atoms with Gasteiger partial charge in [0, 0.05) is 12.2 Å². The van der Waals surface area contributed by atoms with Crippen LogP contribution in [0.1, 0.15) is 33.5 Å². The van der Waals surface area contributed by atoms with E-state index in [1.54, 1.807) is 24.3 Å². The Balaban J connectivity index is 1.52. The third kappa shape index (κ3) is 5.08. The molecule has 0 saturated heterocycles. The van der Waals surface area contributed by atoms with E-state index in [0.717, 1.165) is 11.1 Å². The number of phenolic OH excluding ortho intramolecular Hbond substituents is 1. The standard InChI is InChI=1S/C20H22N4O3/c21-15-5-1-13(2-6-15)9-10-23-19(26)18-12-27-20(24-18)17(22)11-14-3-7-16(25)8-4-14/h1-8,12,17,25H,9-11,21-22H2,(H,23,26). The van der Waals surface area contributed by atoms with Crippen molar-refractivity contribution in [2.24, 2.45) is 5.73 Å². The number of anilines is 1. The number of carbonyl (C=O) groups excluding carboxylic acids is 1. The molecule has 7 nitrogen and oxygen atoms in total. The fourth-order valence-corrected chi connectivity index (χ4v) is 2.63. The largest absolute Gasteiger partial charge is 0.508 e. The van der Waals surface area contributed by atoms with Crippen molar-refractivity contribution in [3.8, 4) is 5.75 Å². The number of nitrogen functional groups attached to an aromatic ring is 1. The number of nitrogens with two attached hydrogens (primary N) is 2. The van der Waals surface area contributed by atoms with E-state index in [1.807, 2.05) is 24.3 Å². The number of aromatic nitrogens is 1. The van der Waals surface area contributed by atoms with Crippen LogP contribution in [0.2, 0.25) is 0 Å². The van der Waals surface area contributed by atoms with Crippen LogP contribution >= 0.6 is 0 Å². The second-order valence-corrected chi connectivity index (χ2v) is 6.30. The number of hydrogen-bond acceptors (Lipinski definition) is 6. The first-order valence-electron chi connectivity index (χ1n) is 8.63. The average molecular weight is 366 g/mol. The van der Waals surface area contributed by atoms with E-state index >= 15 is 0 Å². The number of nitrogens with zero attached hydrogens (tertiary/aromatic N) is 1.